The van der Waals surface area contributed by atoms with Crippen LogP contribution >= 0.6 is 0 Å². The Hall–Kier alpha value is -6.40. The van der Waals surface area contributed by atoms with E-state index >= 15 is 0 Å². The molecule has 0 spiro atoms. The number of methoxy groups -OCH3 is 1. The lowest BCUT2D eigenvalue weighted by atomic mass is 10.0. The highest BCUT2D eigenvalue weighted by molar-refractivity contribution is 7.86. The van der Waals surface area contributed by atoms with Crippen LogP contribution in [-0.2, 0) is 40.5 Å². The molecule has 0 bridgehead atoms. The van der Waals surface area contributed by atoms with E-state index in [0.29, 0.717) is 18.2 Å². The molecular formula is C29H22N8O16S4. The van der Waals surface area contributed by atoms with Gasteiger partial charge in [-0.2, -0.15) is 43.9 Å². The summed E-state index contributed by atoms with van der Waals surface area (Å²) in [5, 5.41) is 43.4. The Balaban J connectivity index is 1.65. The number of aromatic hydroxyl groups is 1. The van der Waals surface area contributed by atoms with Crippen LogP contribution < -0.4 is 10.5 Å². The second-order valence-corrected chi connectivity index (χ2v) is 16.7. The lowest BCUT2D eigenvalue weighted by Crippen LogP contribution is -2.05. The molecule has 0 aromatic heterocycles. The number of hydrogen-bond donors (Lipinski definition) is 6. The van der Waals surface area contributed by atoms with Gasteiger partial charge in [0.1, 0.15) is 43.2 Å². The SMILES string of the molecule is COc1cc(/N=N/c2c(S(=O)(=O)O)cc3c(S(=O)(=O)O)cc(/N=N/c4ccc([N+](=O)[O-])cc4S(=O)(=O)O)c(O)c3c2N)ccc1/N=N/c1cccc(S(=O)(=O)O)c1. The fraction of sp³-hybridized carbons (Fsp3) is 0.0345. The summed E-state index contributed by atoms with van der Waals surface area (Å²) in [7, 11) is -19.2. The fourth-order valence-corrected chi connectivity index (χ4v) is 7.38. The van der Waals surface area contributed by atoms with E-state index in [0.717, 1.165) is 24.3 Å². The van der Waals surface area contributed by atoms with Crippen LogP contribution in [-0.4, -0.2) is 69.0 Å². The molecule has 7 N–H and O–H groups in total. The van der Waals surface area contributed by atoms with Crippen molar-refractivity contribution in [3.63, 3.8) is 0 Å². The van der Waals surface area contributed by atoms with Gasteiger partial charge in [-0.05, 0) is 48.5 Å². The Morgan fingerprint density at radius 2 is 1.21 bits per heavy atom. The van der Waals surface area contributed by atoms with E-state index in [1.54, 1.807) is 0 Å². The third-order valence-electron chi connectivity index (χ3n) is 7.39. The van der Waals surface area contributed by atoms with Crippen LogP contribution in [0.4, 0.5) is 45.5 Å². The molecule has 28 heteroatoms. The molecule has 24 nitrogen and oxygen atoms in total. The largest absolute Gasteiger partial charge is 0.505 e. The zero-order chi connectivity index (χ0) is 42.2. The zero-order valence-corrected chi connectivity index (χ0v) is 31.3. The monoisotopic (exact) mass is 866 g/mol. The molecule has 0 aliphatic heterocycles. The first kappa shape index (κ1) is 41.8. The second-order valence-electron chi connectivity index (χ2n) is 11.1. The smallest absolute Gasteiger partial charge is 0.297 e. The van der Waals surface area contributed by atoms with Gasteiger partial charge in [0.2, 0.25) is 0 Å². The standard InChI is InChI=1S/C29H22N8O16S4/c1-53-22-10-15(5-7-19(22)33-31-14-3-2-4-17(9-14)54(41,42)43)32-36-28-25(57(50,51)52)12-18-23(55(44,45)46)13-21(29(38)26(18)27(28)30)35-34-20-8-6-16(37(39)40)11-24(20)56(47,48)49/h2-13,38H,30H2,1H3,(H,41,42,43)(H,44,45,46)(H,47,48,49)(H,50,51,52)/b33-31+,35-34+,36-32+. The number of phenols is 1. The molecule has 5 rings (SSSR count). The lowest BCUT2D eigenvalue weighted by molar-refractivity contribution is -0.385. The molecule has 298 valence electrons. The minimum Gasteiger partial charge on any atom is -0.505 e. The molecule has 0 heterocycles. The van der Waals surface area contributed by atoms with Crippen LogP contribution in [0.25, 0.3) is 10.8 Å². The number of rotatable bonds is 12. The topological polar surface area (TPSA) is 390 Å². The van der Waals surface area contributed by atoms with Gasteiger partial charge in [-0.25, -0.2) is 0 Å². The molecule has 5 aromatic carbocycles. The quantitative estimate of drug-likeness (QED) is 0.0264. The number of fused-ring (bicyclic) bond motifs is 1. The third-order valence-corrected chi connectivity index (χ3v) is 10.9. The highest BCUT2D eigenvalue weighted by atomic mass is 32.2. The van der Waals surface area contributed by atoms with Crippen LogP contribution in [0.1, 0.15) is 0 Å². The minimum absolute atomic E-state index is 0.0155. The molecule has 0 saturated carbocycles. The number of nitro benzene ring substituents is 1. The van der Waals surface area contributed by atoms with Gasteiger partial charge < -0.3 is 15.6 Å². The van der Waals surface area contributed by atoms with E-state index in [4.69, 9.17) is 10.5 Å². The summed E-state index contributed by atoms with van der Waals surface area (Å²) in [5.74, 6) is -1.09. The van der Waals surface area contributed by atoms with E-state index in [1.807, 2.05) is 0 Å². The van der Waals surface area contributed by atoms with Crippen molar-refractivity contribution < 1.29 is 66.6 Å². The van der Waals surface area contributed by atoms with E-state index in [1.165, 1.54) is 37.4 Å². The molecule has 57 heavy (non-hydrogen) atoms. The minimum atomic E-state index is -5.37. The molecule has 0 unspecified atom stereocenters. The predicted octanol–water partition coefficient (Wildman–Crippen LogP) is 6.28. The number of non-ortho nitro benzene ring substituents is 1. The molecule has 0 saturated heterocycles. The summed E-state index contributed by atoms with van der Waals surface area (Å²) in [6.45, 7) is 0. The summed E-state index contributed by atoms with van der Waals surface area (Å²) in [5.41, 5.74) is 2.02. The number of ether oxygens (including phenoxy) is 1. The maximum atomic E-state index is 12.5. The van der Waals surface area contributed by atoms with Crippen molar-refractivity contribution in [1.82, 2.24) is 0 Å². The summed E-state index contributed by atoms with van der Waals surface area (Å²) in [4.78, 5) is 6.26. The van der Waals surface area contributed by atoms with Gasteiger partial charge in [-0.15, -0.1) is 20.5 Å². The first-order valence-electron chi connectivity index (χ1n) is 14.7. The first-order chi connectivity index (χ1) is 26.4. The Labute approximate surface area is 319 Å². The number of nitro groups is 1. The lowest BCUT2D eigenvalue weighted by Gasteiger charge is -2.14. The molecule has 0 aliphatic carbocycles. The van der Waals surface area contributed by atoms with Gasteiger partial charge in [-0.3, -0.25) is 28.3 Å². The zero-order valence-electron chi connectivity index (χ0n) is 28.0. The number of nitrogens with two attached hydrogens (primary N) is 1. The third kappa shape index (κ3) is 9.19. The van der Waals surface area contributed by atoms with Crippen LogP contribution in [0.2, 0.25) is 0 Å². The Morgan fingerprint density at radius 3 is 1.81 bits per heavy atom. The van der Waals surface area contributed by atoms with Gasteiger partial charge >= 0.3 is 0 Å². The predicted molar refractivity (Wildman–Crippen MR) is 194 cm³/mol. The van der Waals surface area contributed by atoms with Crippen LogP contribution in [0, 0.1) is 10.1 Å². The van der Waals surface area contributed by atoms with Crippen LogP contribution in [0.5, 0.6) is 11.5 Å². The van der Waals surface area contributed by atoms with Gasteiger partial charge in [0.25, 0.3) is 46.2 Å². The number of nitrogen functional groups attached to an aromatic ring is 1. The maximum absolute atomic E-state index is 12.5. The van der Waals surface area contributed by atoms with Gasteiger partial charge in [-0.1, -0.05) is 6.07 Å². The molecule has 0 amide bonds. The molecule has 0 fully saturated rings. The van der Waals surface area contributed by atoms with Crippen LogP contribution in [0.15, 0.2) is 123 Å². The van der Waals surface area contributed by atoms with E-state index in [-0.39, 0.29) is 22.8 Å². The number of azo groups is 3. The van der Waals surface area contributed by atoms with Gasteiger partial charge in [0, 0.05) is 23.6 Å². The Kier molecular flexibility index (Phi) is 11.2. The summed E-state index contributed by atoms with van der Waals surface area (Å²) >= 11 is 0. The van der Waals surface area contributed by atoms with E-state index in [2.05, 4.69) is 30.7 Å². The summed E-state index contributed by atoms with van der Waals surface area (Å²) < 4.78 is 141. The van der Waals surface area contributed by atoms with Crippen molar-refractivity contribution in [2.75, 3.05) is 12.8 Å². The highest BCUT2D eigenvalue weighted by Crippen LogP contribution is 2.48. The fourth-order valence-electron chi connectivity index (χ4n) is 4.86. The summed E-state index contributed by atoms with van der Waals surface area (Å²) in [6.07, 6.45) is 0. The average molecular weight is 867 g/mol. The van der Waals surface area contributed by atoms with Crippen molar-refractivity contribution in [2.45, 2.75) is 19.6 Å². The Morgan fingerprint density at radius 1 is 0.632 bits per heavy atom. The second kappa shape index (κ2) is 15.3. The van der Waals surface area contributed by atoms with Crippen molar-refractivity contribution >= 4 is 96.7 Å². The molecular weight excluding hydrogens is 845 g/mol. The molecule has 0 aliphatic rings. The van der Waals surface area contributed by atoms with E-state index < -0.39 is 110 Å². The van der Waals surface area contributed by atoms with Crippen LogP contribution in [0.3, 0.4) is 0 Å². The normalized spacial score (nSPS) is 12.9. The summed E-state index contributed by atoms with van der Waals surface area (Å²) in [6, 6.07) is 11.5. The maximum Gasteiger partial charge on any atom is 0.297 e. The van der Waals surface area contributed by atoms with Gasteiger partial charge in [0.05, 0.1) is 39.4 Å². The number of nitrogens with zero attached hydrogens (tertiary/aromatic N) is 7. The number of phenolic OH excluding ortho intramolecular Hbond substituents is 1. The number of benzene rings is 5. The van der Waals surface area contributed by atoms with E-state index in [9.17, 15) is 67.1 Å². The van der Waals surface area contributed by atoms with Crippen molar-refractivity contribution in [2.24, 2.45) is 30.7 Å². The number of anilines is 1. The highest BCUT2D eigenvalue weighted by Gasteiger charge is 2.29. The van der Waals surface area contributed by atoms with Crippen molar-refractivity contribution in [1.29, 1.82) is 0 Å². The molecule has 5 aromatic rings. The molecule has 0 radical (unpaired) electrons. The molecule has 0 atom stereocenters. The van der Waals surface area contributed by atoms with Crippen molar-refractivity contribution in [3.05, 3.63) is 82.9 Å². The number of hydrogen-bond acceptors (Lipinski definition) is 19. The Bertz CT molecular complexity index is 3060. The van der Waals surface area contributed by atoms with Gasteiger partial charge in [0.15, 0.2) is 5.75 Å². The van der Waals surface area contributed by atoms with Crippen molar-refractivity contribution in [3.8, 4) is 11.5 Å². The average Bonchev–Trinajstić information content (AvgIpc) is 3.11. The first-order valence-corrected chi connectivity index (χ1v) is 20.5.